The zero-order chi connectivity index (χ0) is 20.3. The number of anilines is 2. The van der Waals surface area contributed by atoms with E-state index < -0.39 is 5.54 Å². The van der Waals surface area contributed by atoms with E-state index in [4.69, 9.17) is 16.3 Å². The minimum absolute atomic E-state index is 0.102. The Bertz CT molecular complexity index is 887. The van der Waals surface area contributed by atoms with Gasteiger partial charge in [-0.05, 0) is 45.0 Å². The molecule has 5 nitrogen and oxygen atoms in total. The van der Waals surface area contributed by atoms with Gasteiger partial charge in [-0.1, -0.05) is 35.9 Å². The minimum atomic E-state index is -0.964. The number of halogens is 1. The van der Waals surface area contributed by atoms with Gasteiger partial charge in [-0.25, -0.2) is 0 Å². The summed E-state index contributed by atoms with van der Waals surface area (Å²) >= 11 is 7.57. The van der Waals surface area contributed by atoms with Gasteiger partial charge in [-0.2, -0.15) is 0 Å². The van der Waals surface area contributed by atoms with E-state index in [2.05, 4.69) is 5.32 Å². The standard InChI is InChI=1S/C21H23ClN2O3S/c1-14(28-13-12-27-18-11-7-4-8-15(18)22)19(25)24-17-10-6-5-9-16(17)23-20(26)21(24,2)3/h4-11,14H,12-13H2,1-3H3,(H,23,26)/t14-/m0/s1. The van der Waals surface area contributed by atoms with Gasteiger partial charge < -0.3 is 10.1 Å². The molecule has 0 saturated carbocycles. The topological polar surface area (TPSA) is 58.6 Å². The van der Waals surface area contributed by atoms with Crippen LogP contribution in [0.2, 0.25) is 5.02 Å². The average Bonchev–Trinajstić information content (AvgIpc) is 2.66. The van der Waals surface area contributed by atoms with Gasteiger partial charge in [0.25, 0.3) is 0 Å². The molecule has 1 aliphatic heterocycles. The molecule has 1 N–H and O–H groups in total. The number of nitrogens with zero attached hydrogens (tertiary/aromatic N) is 1. The van der Waals surface area contributed by atoms with E-state index in [0.717, 1.165) is 5.69 Å². The Morgan fingerprint density at radius 3 is 2.64 bits per heavy atom. The fraction of sp³-hybridized carbons (Fsp3) is 0.333. The number of rotatable bonds is 6. The predicted octanol–water partition coefficient (Wildman–Crippen LogP) is 4.60. The molecule has 0 fully saturated rings. The summed E-state index contributed by atoms with van der Waals surface area (Å²) in [6.07, 6.45) is 0. The smallest absolute Gasteiger partial charge is 0.250 e. The molecule has 1 atom stereocenters. The molecule has 1 heterocycles. The molecule has 0 spiro atoms. The Hall–Kier alpha value is -2.18. The van der Waals surface area contributed by atoms with Crippen molar-refractivity contribution in [1.29, 1.82) is 0 Å². The highest BCUT2D eigenvalue weighted by molar-refractivity contribution is 8.00. The minimum Gasteiger partial charge on any atom is -0.491 e. The summed E-state index contributed by atoms with van der Waals surface area (Å²) in [6, 6.07) is 14.7. The Balaban J connectivity index is 1.65. The number of para-hydroxylation sites is 3. The summed E-state index contributed by atoms with van der Waals surface area (Å²) in [4.78, 5) is 27.3. The number of carbonyl (C=O) groups excluding carboxylic acids is 2. The number of nitrogens with one attached hydrogen (secondary N) is 1. The fourth-order valence-corrected chi connectivity index (χ4v) is 4.01. The third kappa shape index (κ3) is 4.13. The summed E-state index contributed by atoms with van der Waals surface area (Å²) in [5, 5.41) is 3.12. The van der Waals surface area contributed by atoms with Crippen molar-refractivity contribution in [2.75, 3.05) is 22.6 Å². The third-order valence-corrected chi connectivity index (χ3v) is 6.04. The Kier molecular flexibility index (Phi) is 6.20. The van der Waals surface area contributed by atoms with Crippen molar-refractivity contribution in [1.82, 2.24) is 0 Å². The Morgan fingerprint density at radius 1 is 1.21 bits per heavy atom. The second kappa shape index (κ2) is 8.45. The first-order valence-electron chi connectivity index (χ1n) is 9.06. The van der Waals surface area contributed by atoms with Crippen LogP contribution in [0.15, 0.2) is 48.5 Å². The van der Waals surface area contributed by atoms with E-state index in [9.17, 15) is 9.59 Å². The molecule has 28 heavy (non-hydrogen) atoms. The summed E-state index contributed by atoms with van der Waals surface area (Å²) in [5.41, 5.74) is 0.408. The van der Waals surface area contributed by atoms with Crippen molar-refractivity contribution in [3.8, 4) is 5.75 Å². The average molecular weight is 419 g/mol. The largest absolute Gasteiger partial charge is 0.491 e. The maximum Gasteiger partial charge on any atom is 0.250 e. The molecule has 2 aromatic rings. The molecule has 7 heteroatoms. The van der Waals surface area contributed by atoms with Crippen molar-refractivity contribution in [3.63, 3.8) is 0 Å². The van der Waals surface area contributed by atoms with E-state index in [0.29, 0.717) is 28.8 Å². The van der Waals surface area contributed by atoms with Gasteiger partial charge in [0.2, 0.25) is 11.8 Å². The molecule has 148 valence electrons. The van der Waals surface area contributed by atoms with E-state index in [1.54, 1.807) is 30.9 Å². The van der Waals surface area contributed by atoms with Crippen molar-refractivity contribution >= 4 is 46.6 Å². The lowest BCUT2D eigenvalue weighted by molar-refractivity contribution is -0.126. The van der Waals surface area contributed by atoms with Crippen LogP contribution in [0.4, 0.5) is 11.4 Å². The Labute approximate surface area is 174 Å². The maximum absolute atomic E-state index is 13.2. The van der Waals surface area contributed by atoms with Gasteiger partial charge in [0.1, 0.15) is 11.3 Å². The quantitative estimate of drug-likeness (QED) is 0.696. The highest BCUT2D eigenvalue weighted by Gasteiger charge is 2.44. The molecule has 0 unspecified atom stereocenters. The summed E-state index contributed by atoms with van der Waals surface area (Å²) < 4.78 is 5.68. The highest BCUT2D eigenvalue weighted by atomic mass is 35.5. The molecule has 0 aliphatic carbocycles. The number of hydrogen-bond donors (Lipinski definition) is 1. The van der Waals surface area contributed by atoms with E-state index in [1.807, 2.05) is 43.3 Å². The lowest BCUT2D eigenvalue weighted by Crippen LogP contribution is -2.60. The first kappa shape index (κ1) is 20.6. The second-order valence-electron chi connectivity index (χ2n) is 7.00. The molecule has 3 rings (SSSR count). The van der Waals surface area contributed by atoms with Crippen molar-refractivity contribution < 1.29 is 14.3 Å². The van der Waals surface area contributed by atoms with Crippen LogP contribution in [-0.2, 0) is 9.59 Å². The maximum atomic E-state index is 13.2. The van der Waals surface area contributed by atoms with Gasteiger partial charge in [0.05, 0.1) is 28.3 Å². The van der Waals surface area contributed by atoms with E-state index in [-0.39, 0.29) is 17.1 Å². The molecule has 2 aromatic carbocycles. The van der Waals surface area contributed by atoms with Crippen LogP contribution < -0.4 is 15.0 Å². The van der Waals surface area contributed by atoms with Crippen LogP contribution >= 0.6 is 23.4 Å². The SMILES string of the molecule is C[C@H](SCCOc1ccccc1Cl)C(=O)N1c2ccccc2NC(=O)C1(C)C. The van der Waals surface area contributed by atoms with Gasteiger partial charge in [0, 0.05) is 5.75 Å². The zero-order valence-electron chi connectivity index (χ0n) is 16.1. The summed E-state index contributed by atoms with van der Waals surface area (Å²) in [5.74, 6) is 0.959. The first-order valence-corrected chi connectivity index (χ1v) is 10.5. The van der Waals surface area contributed by atoms with Gasteiger partial charge in [0.15, 0.2) is 0 Å². The predicted molar refractivity (Wildman–Crippen MR) is 116 cm³/mol. The van der Waals surface area contributed by atoms with Gasteiger partial charge in [-0.3, -0.25) is 14.5 Å². The number of amides is 2. The monoisotopic (exact) mass is 418 g/mol. The van der Waals surface area contributed by atoms with Crippen LogP contribution in [0.25, 0.3) is 0 Å². The number of thioether (sulfide) groups is 1. The molecule has 2 amide bonds. The normalized spacial score (nSPS) is 16.1. The summed E-state index contributed by atoms with van der Waals surface area (Å²) in [7, 11) is 0. The molecular formula is C21H23ClN2O3S. The molecule has 1 aliphatic rings. The lowest BCUT2D eigenvalue weighted by atomic mass is 9.96. The molecule has 0 saturated heterocycles. The number of benzene rings is 2. The second-order valence-corrected chi connectivity index (χ2v) is 8.85. The molecule has 0 aromatic heterocycles. The van der Waals surface area contributed by atoms with Gasteiger partial charge in [-0.15, -0.1) is 11.8 Å². The first-order chi connectivity index (χ1) is 13.3. The Morgan fingerprint density at radius 2 is 1.89 bits per heavy atom. The third-order valence-electron chi connectivity index (χ3n) is 4.62. The van der Waals surface area contributed by atoms with E-state index >= 15 is 0 Å². The molecular weight excluding hydrogens is 396 g/mol. The number of ether oxygens (including phenoxy) is 1. The number of fused-ring (bicyclic) bond motifs is 1. The highest BCUT2D eigenvalue weighted by Crippen LogP contribution is 2.38. The fourth-order valence-electron chi connectivity index (χ4n) is 3.04. The van der Waals surface area contributed by atoms with Crippen molar-refractivity contribution in [2.24, 2.45) is 0 Å². The lowest BCUT2D eigenvalue weighted by Gasteiger charge is -2.43. The molecule has 0 radical (unpaired) electrons. The van der Waals surface area contributed by atoms with Gasteiger partial charge >= 0.3 is 0 Å². The number of hydrogen-bond acceptors (Lipinski definition) is 4. The van der Waals surface area contributed by atoms with Crippen LogP contribution in [-0.4, -0.2) is 35.0 Å². The van der Waals surface area contributed by atoms with Crippen LogP contribution in [0.5, 0.6) is 5.75 Å². The molecule has 0 bridgehead atoms. The van der Waals surface area contributed by atoms with E-state index in [1.165, 1.54) is 11.8 Å². The number of carbonyl (C=O) groups is 2. The van der Waals surface area contributed by atoms with Crippen molar-refractivity contribution in [2.45, 2.75) is 31.6 Å². The zero-order valence-corrected chi connectivity index (χ0v) is 17.6. The van der Waals surface area contributed by atoms with Crippen LogP contribution in [0.3, 0.4) is 0 Å². The summed E-state index contributed by atoms with van der Waals surface area (Å²) in [6.45, 7) is 5.81. The van der Waals surface area contributed by atoms with Crippen molar-refractivity contribution in [3.05, 3.63) is 53.6 Å². The van der Waals surface area contributed by atoms with Crippen LogP contribution in [0, 0.1) is 0 Å². The van der Waals surface area contributed by atoms with Crippen LogP contribution in [0.1, 0.15) is 20.8 Å².